The molecule has 10 heavy (non-hydrogen) atoms. The normalized spacial score (nSPS) is 9.90. The van der Waals surface area contributed by atoms with E-state index in [1.165, 1.54) is 6.92 Å². The van der Waals surface area contributed by atoms with Gasteiger partial charge >= 0.3 is 0 Å². The molecule has 4 heteroatoms. The molecular weight excluding hydrogens is 155 g/mol. The van der Waals surface area contributed by atoms with E-state index in [9.17, 15) is 4.39 Å². The number of nitrogen functional groups attached to an aromatic ring is 1. The molecule has 0 aromatic carbocycles. The number of rotatable bonds is 0. The molecule has 2 nitrogen and oxygen atoms in total. The summed E-state index contributed by atoms with van der Waals surface area (Å²) in [4.78, 5) is 3.64. The molecule has 0 radical (unpaired) electrons. The molecule has 2 N–H and O–H groups in total. The molecule has 0 amide bonds. The van der Waals surface area contributed by atoms with Crippen molar-refractivity contribution in [1.29, 1.82) is 0 Å². The van der Waals surface area contributed by atoms with Crippen molar-refractivity contribution in [3.05, 3.63) is 22.7 Å². The summed E-state index contributed by atoms with van der Waals surface area (Å²) in [5.74, 6) is -0.429. The highest BCUT2D eigenvalue weighted by Gasteiger charge is 2.02. The fourth-order valence-electron chi connectivity index (χ4n) is 0.566. The predicted octanol–water partition coefficient (Wildman–Crippen LogP) is 1.76. The van der Waals surface area contributed by atoms with Crippen LogP contribution in [0.3, 0.4) is 0 Å². The Bertz CT molecular complexity index is 212. The highest BCUT2D eigenvalue weighted by molar-refractivity contribution is 6.31. The molecule has 54 valence electrons. The standard InChI is InChI=1S/C6H6ClFN2/c1-3-4(8)2-5(9)6(7)10-3/h2H,9H2,1H3. The maximum absolute atomic E-state index is 12.6. The summed E-state index contributed by atoms with van der Waals surface area (Å²) in [6, 6.07) is 1.16. The van der Waals surface area contributed by atoms with Crippen molar-refractivity contribution in [3.8, 4) is 0 Å². The maximum atomic E-state index is 12.6. The van der Waals surface area contributed by atoms with Gasteiger partial charge in [0.1, 0.15) is 5.82 Å². The quantitative estimate of drug-likeness (QED) is 0.588. The van der Waals surface area contributed by atoms with Crippen LogP contribution in [0.1, 0.15) is 5.69 Å². The van der Waals surface area contributed by atoms with Crippen molar-refractivity contribution >= 4 is 17.3 Å². The molecule has 1 aromatic heterocycles. The first-order valence-corrected chi connectivity index (χ1v) is 3.07. The first-order chi connectivity index (χ1) is 4.61. The minimum Gasteiger partial charge on any atom is -0.396 e. The molecule has 0 aliphatic heterocycles. The Morgan fingerprint density at radius 2 is 2.30 bits per heavy atom. The number of hydrogen-bond acceptors (Lipinski definition) is 2. The van der Waals surface area contributed by atoms with E-state index in [1.54, 1.807) is 0 Å². The van der Waals surface area contributed by atoms with Crippen LogP contribution in [0, 0.1) is 12.7 Å². The summed E-state index contributed by atoms with van der Waals surface area (Å²) < 4.78 is 12.6. The van der Waals surface area contributed by atoms with Crippen LogP contribution in [0.4, 0.5) is 10.1 Å². The van der Waals surface area contributed by atoms with Gasteiger partial charge in [0.15, 0.2) is 5.15 Å². The van der Waals surface area contributed by atoms with Crippen molar-refractivity contribution in [1.82, 2.24) is 4.98 Å². The van der Waals surface area contributed by atoms with Gasteiger partial charge in [0.2, 0.25) is 0 Å². The zero-order valence-corrected chi connectivity index (χ0v) is 6.11. The second-order valence-electron chi connectivity index (χ2n) is 1.94. The zero-order valence-electron chi connectivity index (χ0n) is 5.36. The number of aromatic nitrogens is 1. The van der Waals surface area contributed by atoms with Crippen LogP contribution in [0.5, 0.6) is 0 Å². The number of nitrogens with zero attached hydrogens (tertiary/aromatic N) is 1. The third kappa shape index (κ3) is 1.19. The van der Waals surface area contributed by atoms with Crippen LogP contribution in [0.15, 0.2) is 6.07 Å². The van der Waals surface area contributed by atoms with E-state index < -0.39 is 5.82 Å². The molecule has 0 saturated heterocycles. The molecule has 1 heterocycles. The number of pyridine rings is 1. The molecule has 0 unspecified atom stereocenters. The minimum absolute atomic E-state index is 0.152. The summed E-state index contributed by atoms with van der Waals surface area (Å²) in [6.07, 6.45) is 0. The Balaban J connectivity index is 3.28. The average Bonchev–Trinajstić information content (AvgIpc) is 1.84. The Morgan fingerprint density at radius 3 is 2.80 bits per heavy atom. The Hall–Kier alpha value is -0.830. The zero-order chi connectivity index (χ0) is 7.72. The van der Waals surface area contributed by atoms with Crippen LogP contribution in [-0.2, 0) is 0 Å². The fourth-order valence-corrected chi connectivity index (χ4v) is 0.747. The van der Waals surface area contributed by atoms with Crippen molar-refractivity contribution < 1.29 is 4.39 Å². The Labute approximate surface area is 62.8 Å². The van der Waals surface area contributed by atoms with Gasteiger partial charge in [-0.15, -0.1) is 0 Å². The van der Waals surface area contributed by atoms with Crippen LogP contribution in [0.2, 0.25) is 5.15 Å². The van der Waals surface area contributed by atoms with Gasteiger partial charge in [-0.1, -0.05) is 11.6 Å². The van der Waals surface area contributed by atoms with Crippen LogP contribution >= 0.6 is 11.6 Å². The van der Waals surface area contributed by atoms with Crippen molar-refractivity contribution in [2.24, 2.45) is 0 Å². The van der Waals surface area contributed by atoms with Gasteiger partial charge in [0.25, 0.3) is 0 Å². The Kier molecular flexibility index (Phi) is 1.76. The third-order valence-corrected chi connectivity index (χ3v) is 1.43. The SMILES string of the molecule is Cc1nc(Cl)c(N)cc1F. The van der Waals surface area contributed by atoms with Gasteiger partial charge in [0.05, 0.1) is 11.4 Å². The van der Waals surface area contributed by atoms with E-state index in [0.29, 0.717) is 0 Å². The summed E-state index contributed by atoms with van der Waals surface area (Å²) in [7, 11) is 0. The lowest BCUT2D eigenvalue weighted by molar-refractivity contribution is 0.610. The third-order valence-electron chi connectivity index (χ3n) is 1.13. The van der Waals surface area contributed by atoms with Gasteiger partial charge in [-0.05, 0) is 6.92 Å². The topological polar surface area (TPSA) is 38.9 Å². The summed E-state index contributed by atoms with van der Waals surface area (Å²) >= 11 is 5.48. The smallest absolute Gasteiger partial charge is 0.152 e. The maximum Gasteiger partial charge on any atom is 0.152 e. The number of aryl methyl sites for hydroxylation is 1. The van der Waals surface area contributed by atoms with E-state index in [2.05, 4.69) is 4.98 Å². The number of hydrogen-bond donors (Lipinski definition) is 1. The van der Waals surface area contributed by atoms with E-state index in [4.69, 9.17) is 17.3 Å². The molecule has 1 aromatic rings. The number of nitrogens with two attached hydrogens (primary N) is 1. The Morgan fingerprint density at radius 1 is 1.70 bits per heavy atom. The highest BCUT2D eigenvalue weighted by Crippen LogP contribution is 2.17. The second kappa shape index (κ2) is 2.42. The molecule has 0 aliphatic rings. The first kappa shape index (κ1) is 7.28. The van der Waals surface area contributed by atoms with Crippen molar-refractivity contribution in [3.63, 3.8) is 0 Å². The summed E-state index contributed by atoms with van der Waals surface area (Å²) in [5, 5.41) is 0.152. The first-order valence-electron chi connectivity index (χ1n) is 2.69. The van der Waals surface area contributed by atoms with Crippen molar-refractivity contribution in [2.45, 2.75) is 6.92 Å². The fraction of sp³-hybridized carbons (Fsp3) is 0.167. The van der Waals surface area contributed by atoms with Gasteiger partial charge in [0, 0.05) is 6.07 Å². The lowest BCUT2D eigenvalue weighted by atomic mass is 10.3. The summed E-state index contributed by atoms with van der Waals surface area (Å²) in [6.45, 7) is 1.53. The molecular formula is C6H6ClFN2. The largest absolute Gasteiger partial charge is 0.396 e. The molecule has 1 rings (SSSR count). The van der Waals surface area contributed by atoms with Crippen molar-refractivity contribution in [2.75, 3.05) is 5.73 Å². The number of anilines is 1. The van der Waals surface area contributed by atoms with E-state index in [1.807, 2.05) is 0 Å². The summed E-state index contributed by atoms with van der Waals surface area (Å²) in [5.41, 5.74) is 5.69. The molecule has 0 spiro atoms. The van der Waals surface area contributed by atoms with E-state index >= 15 is 0 Å². The van der Waals surface area contributed by atoms with Gasteiger partial charge in [-0.2, -0.15) is 0 Å². The van der Waals surface area contributed by atoms with Gasteiger partial charge < -0.3 is 5.73 Å². The highest BCUT2D eigenvalue weighted by atomic mass is 35.5. The van der Waals surface area contributed by atoms with Gasteiger partial charge in [-0.25, -0.2) is 9.37 Å². The minimum atomic E-state index is -0.429. The lowest BCUT2D eigenvalue weighted by Gasteiger charge is -1.98. The van der Waals surface area contributed by atoms with Crippen LogP contribution < -0.4 is 5.73 Å². The molecule has 0 bridgehead atoms. The predicted molar refractivity (Wildman–Crippen MR) is 38.4 cm³/mol. The lowest BCUT2D eigenvalue weighted by Crippen LogP contribution is -1.94. The molecule has 0 saturated carbocycles. The molecule has 0 atom stereocenters. The van der Waals surface area contributed by atoms with E-state index in [-0.39, 0.29) is 16.5 Å². The number of halogens is 2. The van der Waals surface area contributed by atoms with Gasteiger partial charge in [-0.3, -0.25) is 0 Å². The van der Waals surface area contributed by atoms with Crippen LogP contribution in [0.25, 0.3) is 0 Å². The monoisotopic (exact) mass is 160 g/mol. The second-order valence-corrected chi connectivity index (χ2v) is 2.29. The van der Waals surface area contributed by atoms with Crippen LogP contribution in [-0.4, -0.2) is 4.98 Å². The average molecular weight is 161 g/mol. The van der Waals surface area contributed by atoms with E-state index in [0.717, 1.165) is 6.07 Å². The molecule has 0 aliphatic carbocycles. The molecule has 0 fully saturated rings.